The number of urea groups is 1. The van der Waals surface area contributed by atoms with Crippen LogP contribution in [0.3, 0.4) is 0 Å². The van der Waals surface area contributed by atoms with Gasteiger partial charge in [0.15, 0.2) is 5.65 Å². The standard InChI is InChI=1S/C23H20F4N8O/c1-11(2)35-21-18(20(28)29-10-30-21)19(33-35)15-5-6-17-14(31-15)7-8-34(17)22(36)32-16-9-12(23(25,26)27)3-4-13(16)24/h3-6,9-11H,7-8H2,1-2H3,(H,32,36)(H2,28,29,30). The lowest BCUT2D eigenvalue weighted by atomic mass is 10.1. The molecule has 186 valence electrons. The third-order valence-electron chi connectivity index (χ3n) is 5.84. The highest BCUT2D eigenvalue weighted by Crippen LogP contribution is 2.35. The van der Waals surface area contributed by atoms with Crippen LogP contribution in [-0.2, 0) is 12.6 Å². The molecule has 13 heteroatoms. The number of anilines is 3. The van der Waals surface area contributed by atoms with Gasteiger partial charge in [0.1, 0.15) is 23.7 Å². The summed E-state index contributed by atoms with van der Waals surface area (Å²) in [5.74, 6) is -0.718. The molecule has 9 nitrogen and oxygen atoms in total. The molecule has 0 spiro atoms. The first-order valence-electron chi connectivity index (χ1n) is 11.0. The van der Waals surface area contributed by atoms with E-state index in [2.05, 4.69) is 25.4 Å². The van der Waals surface area contributed by atoms with Crippen LogP contribution in [0.15, 0.2) is 36.7 Å². The molecule has 4 heterocycles. The molecule has 36 heavy (non-hydrogen) atoms. The van der Waals surface area contributed by atoms with E-state index < -0.39 is 29.3 Å². The maximum atomic E-state index is 14.1. The molecule has 1 aliphatic rings. The Morgan fingerprint density at radius 1 is 1.17 bits per heavy atom. The molecule has 3 aromatic heterocycles. The van der Waals surface area contributed by atoms with Crippen LogP contribution < -0.4 is 16.0 Å². The number of amides is 2. The van der Waals surface area contributed by atoms with Gasteiger partial charge in [-0.1, -0.05) is 0 Å². The molecule has 1 aromatic carbocycles. The van der Waals surface area contributed by atoms with Gasteiger partial charge < -0.3 is 11.1 Å². The number of rotatable bonds is 3. The molecule has 0 saturated heterocycles. The molecule has 0 radical (unpaired) electrons. The van der Waals surface area contributed by atoms with Gasteiger partial charge in [-0.05, 0) is 44.2 Å². The van der Waals surface area contributed by atoms with E-state index in [1.165, 1.54) is 11.2 Å². The van der Waals surface area contributed by atoms with E-state index in [9.17, 15) is 22.4 Å². The number of hydrogen-bond acceptors (Lipinski definition) is 6. The largest absolute Gasteiger partial charge is 0.416 e. The van der Waals surface area contributed by atoms with Crippen molar-refractivity contribution in [1.29, 1.82) is 0 Å². The zero-order valence-corrected chi connectivity index (χ0v) is 19.1. The van der Waals surface area contributed by atoms with Crippen LogP contribution >= 0.6 is 0 Å². The van der Waals surface area contributed by atoms with E-state index in [0.717, 1.165) is 0 Å². The Morgan fingerprint density at radius 2 is 1.94 bits per heavy atom. The topological polar surface area (TPSA) is 115 Å². The smallest absolute Gasteiger partial charge is 0.383 e. The Balaban J connectivity index is 1.46. The summed E-state index contributed by atoms with van der Waals surface area (Å²) in [6.07, 6.45) is -2.92. The van der Waals surface area contributed by atoms with Gasteiger partial charge in [-0.25, -0.2) is 28.8 Å². The fraction of sp³-hybridized carbons (Fsp3) is 0.261. The maximum Gasteiger partial charge on any atom is 0.416 e. The van der Waals surface area contributed by atoms with Crippen molar-refractivity contribution in [3.8, 4) is 11.4 Å². The van der Waals surface area contributed by atoms with Crippen LogP contribution in [0.25, 0.3) is 22.4 Å². The first kappa shape index (κ1) is 23.5. The minimum absolute atomic E-state index is 0.000378. The summed E-state index contributed by atoms with van der Waals surface area (Å²) in [5.41, 5.74) is 7.09. The second-order valence-corrected chi connectivity index (χ2v) is 8.53. The predicted molar refractivity (Wildman–Crippen MR) is 125 cm³/mol. The quantitative estimate of drug-likeness (QED) is 0.391. The molecule has 0 fully saturated rings. The minimum Gasteiger partial charge on any atom is -0.383 e. The lowest BCUT2D eigenvalue weighted by Gasteiger charge is -2.19. The van der Waals surface area contributed by atoms with Crippen molar-refractivity contribution in [3.05, 3.63) is 53.7 Å². The number of alkyl halides is 3. The Morgan fingerprint density at radius 3 is 2.67 bits per heavy atom. The lowest BCUT2D eigenvalue weighted by molar-refractivity contribution is -0.137. The minimum atomic E-state index is -4.67. The molecule has 3 N–H and O–H groups in total. The molecule has 0 aliphatic carbocycles. The number of halogens is 4. The SMILES string of the molecule is CC(C)n1nc(-c2ccc3c(n2)CCN3C(=O)Nc2cc(C(F)(F)F)ccc2F)c2c(N)ncnc21. The van der Waals surface area contributed by atoms with Crippen molar-refractivity contribution in [2.24, 2.45) is 0 Å². The lowest BCUT2D eigenvalue weighted by Crippen LogP contribution is -2.33. The molecule has 2 amide bonds. The van der Waals surface area contributed by atoms with Crippen molar-refractivity contribution < 1.29 is 22.4 Å². The molecule has 0 atom stereocenters. The molecule has 0 saturated carbocycles. The second kappa shape index (κ2) is 8.43. The molecular weight excluding hydrogens is 480 g/mol. The first-order valence-corrected chi connectivity index (χ1v) is 11.0. The average Bonchev–Trinajstić information content (AvgIpc) is 3.42. The van der Waals surface area contributed by atoms with Gasteiger partial charge in [0, 0.05) is 19.0 Å². The van der Waals surface area contributed by atoms with E-state index in [1.807, 2.05) is 13.8 Å². The molecular formula is C23H20F4N8O. The number of hydrogen-bond donors (Lipinski definition) is 2. The monoisotopic (exact) mass is 500 g/mol. The number of benzene rings is 1. The average molecular weight is 500 g/mol. The molecule has 1 aliphatic heterocycles. The van der Waals surface area contributed by atoms with E-state index in [4.69, 9.17) is 5.73 Å². The third kappa shape index (κ3) is 3.95. The second-order valence-electron chi connectivity index (χ2n) is 8.53. The molecule has 0 unspecified atom stereocenters. The summed E-state index contributed by atoms with van der Waals surface area (Å²) in [6, 6.07) is 4.40. The van der Waals surface area contributed by atoms with Crippen molar-refractivity contribution in [3.63, 3.8) is 0 Å². The summed E-state index contributed by atoms with van der Waals surface area (Å²) < 4.78 is 54.9. The Kier molecular flexibility index (Phi) is 5.49. The van der Waals surface area contributed by atoms with E-state index in [-0.39, 0.29) is 18.4 Å². The maximum absolute atomic E-state index is 14.1. The Bertz CT molecular complexity index is 1500. The van der Waals surface area contributed by atoms with E-state index in [1.54, 1.807) is 16.8 Å². The summed E-state index contributed by atoms with van der Waals surface area (Å²) >= 11 is 0. The number of fused-ring (bicyclic) bond motifs is 2. The van der Waals surface area contributed by atoms with Crippen LogP contribution in [0.5, 0.6) is 0 Å². The van der Waals surface area contributed by atoms with Crippen LogP contribution in [0.2, 0.25) is 0 Å². The third-order valence-corrected chi connectivity index (χ3v) is 5.84. The van der Waals surface area contributed by atoms with Gasteiger partial charge in [0.2, 0.25) is 0 Å². The molecule has 4 aromatic rings. The molecule has 0 bridgehead atoms. The highest BCUT2D eigenvalue weighted by Gasteiger charge is 2.32. The van der Waals surface area contributed by atoms with Crippen LogP contribution in [0.4, 0.5) is 39.5 Å². The van der Waals surface area contributed by atoms with Gasteiger partial charge in [0.05, 0.1) is 33.7 Å². The van der Waals surface area contributed by atoms with Crippen molar-refractivity contribution >= 4 is 34.3 Å². The van der Waals surface area contributed by atoms with Gasteiger partial charge in [-0.2, -0.15) is 18.3 Å². The van der Waals surface area contributed by atoms with Gasteiger partial charge in [-0.3, -0.25) is 4.90 Å². The van der Waals surface area contributed by atoms with Crippen LogP contribution in [0.1, 0.15) is 31.1 Å². The van der Waals surface area contributed by atoms with Crippen molar-refractivity contribution in [2.75, 3.05) is 22.5 Å². The predicted octanol–water partition coefficient (Wildman–Crippen LogP) is 4.80. The zero-order valence-electron chi connectivity index (χ0n) is 19.1. The zero-order chi connectivity index (χ0) is 25.8. The molecule has 5 rings (SSSR count). The van der Waals surface area contributed by atoms with Crippen molar-refractivity contribution in [2.45, 2.75) is 32.5 Å². The number of pyridine rings is 1. The van der Waals surface area contributed by atoms with Crippen LogP contribution in [-0.4, -0.2) is 37.3 Å². The summed E-state index contributed by atoms with van der Waals surface area (Å²) in [6.45, 7) is 4.12. The number of nitrogens with zero attached hydrogens (tertiary/aromatic N) is 6. The van der Waals surface area contributed by atoms with Gasteiger partial charge in [0.25, 0.3) is 0 Å². The Hall–Kier alpha value is -4.29. The van der Waals surface area contributed by atoms with E-state index >= 15 is 0 Å². The van der Waals surface area contributed by atoms with Crippen molar-refractivity contribution in [1.82, 2.24) is 24.7 Å². The number of nitrogen functional groups attached to an aromatic ring is 1. The number of carbonyl (C=O) groups is 1. The summed E-state index contributed by atoms with van der Waals surface area (Å²) in [5, 5.41) is 7.43. The Labute approximate surface area is 202 Å². The fourth-order valence-corrected chi connectivity index (χ4v) is 4.12. The fourth-order valence-electron chi connectivity index (χ4n) is 4.12. The normalized spacial score (nSPS) is 13.5. The summed E-state index contributed by atoms with van der Waals surface area (Å²) in [7, 11) is 0. The number of nitrogens with one attached hydrogen (secondary N) is 1. The number of carbonyl (C=O) groups excluding carboxylic acids is 1. The summed E-state index contributed by atoms with van der Waals surface area (Å²) in [4.78, 5) is 27.2. The number of aromatic nitrogens is 5. The van der Waals surface area contributed by atoms with Crippen LogP contribution in [0, 0.1) is 5.82 Å². The first-order chi connectivity index (χ1) is 17.0. The van der Waals surface area contributed by atoms with E-state index in [0.29, 0.717) is 58.4 Å². The number of nitrogens with two attached hydrogens (primary N) is 1. The highest BCUT2D eigenvalue weighted by molar-refractivity contribution is 6.03. The van der Waals surface area contributed by atoms with Gasteiger partial charge in [-0.15, -0.1) is 0 Å². The van der Waals surface area contributed by atoms with Gasteiger partial charge >= 0.3 is 12.2 Å². The highest BCUT2D eigenvalue weighted by atomic mass is 19.4.